The van der Waals surface area contributed by atoms with Gasteiger partial charge in [-0.25, -0.2) is 4.39 Å². The average Bonchev–Trinajstić information content (AvgIpc) is 2.47. The number of nitrogens with one attached hydrogen (secondary N) is 1. The molecule has 0 bridgehead atoms. The molecule has 0 aromatic heterocycles. The summed E-state index contributed by atoms with van der Waals surface area (Å²) in [6.07, 6.45) is 0.0353. The average molecular weight is 324 g/mol. The van der Waals surface area contributed by atoms with Crippen molar-refractivity contribution in [2.75, 3.05) is 12.4 Å². The minimum Gasteiger partial charge on any atom is -0.493 e. The zero-order valence-electron chi connectivity index (χ0n) is 12.8. The number of rotatable bonds is 6. The molecule has 0 unspecified atom stereocenters. The molecule has 2 aromatic carbocycles. The van der Waals surface area contributed by atoms with E-state index in [4.69, 9.17) is 21.1 Å². The Labute approximate surface area is 135 Å². The summed E-state index contributed by atoms with van der Waals surface area (Å²) < 4.78 is 23.9. The van der Waals surface area contributed by atoms with Crippen LogP contribution < -0.4 is 14.8 Å². The van der Waals surface area contributed by atoms with Gasteiger partial charge in [0.25, 0.3) is 0 Å². The van der Waals surface area contributed by atoms with E-state index in [9.17, 15) is 4.39 Å². The first-order chi connectivity index (χ1) is 10.5. The number of methoxy groups -OCH3 is 1. The Morgan fingerprint density at radius 3 is 2.41 bits per heavy atom. The van der Waals surface area contributed by atoms with E-state index in [0.717, 1.165) is 11.3 Å². The third kappa shape index (κ3) is 4.28. The molecule has 0 heterocycles. The summed E-state index contributed by atoms with van der Waals surface area (Å²) in [6, 6.07) is 9.76. The summed E-state index contributed by atoms with van der Waals surface area (Å²) in [5.74, 6) is 0.988. The van der Waals surface area contributed by atoms with Crippen LogP contribution in [0.1, 0.15) is 19.4 Å². The highest BCUT2D eigenvalue weighted by Gasteiger charge is 2.11. The highest BCUT2D eigenvalue weighted by Crippen LogP contribution is 2.34. The molecule has 3 nitrogen and oxygen atoms in total. The molecule has 118 valence electrons. The van der Waals surface area contributed by atoms with E-state index >= 15 is 0 Å². The SMILES string of the molecule is COc1cc(CNc2ccc(F)cc2)c(Cl)cc1OC(C)C. The van der Waals surface area contributed by atoms with Crippen molar-refractivity contribution in [3.05, 3.63) is 52.8 Å². The largest absolute Gasteiger partial charge is 0.493 e. The molecule has 2 rings (SSSR count). The van der Waals surface area contributed by atoms with Crippen LogP contribution in [0.5, 0.6) is 11.5 Å². The second-order valence-corrected chi connectivity index (χ2v) is 5.53. The Morgan fingerprint density at radius 2 is 1.82 bits per heavy atom. The number of benzene rings is 2. The van der Waals surface area contributed by atoms with Gasteiger partial charge in [-0.05, 0) is 49.7 Å². The van der Waals surface area contributed by atoms with E-state index in [1.54, 1.807) is 25.3 Å². The Kier molecular flexibility index (Phi) is 5.50. The van der Waals surface area contributed by atoms with Gasteiger partial charge in [-0.1, -0.05) is 11.6 Å². The summed E-state index contributed by atoms with van der Waals surface area (Å²) in [5.41, 5.74) is 1.69. The smallest absolute Gasteiger partial charge is 0.163 e. The van der Waals surface area contributed by atoms with Gasteiger partial charge in [-0.2, -0.15) is 0 Å². The highest BCUT2D eigenvalue weighted by molar-refractivity contribution is 6.31. The number of ether oxygens (including phenoxy) is 2. The molecule has 0 aliphatic carbocycles. The lowest BCUT2D eigenvalue weighted by atomic mass is 10.2. The second kappa shape index (κ2) is 7.36. The van der Waals surface area contributed by atoms with Gasteiger partial charge in [0, 0.05) is 23.3 Å². The maximum atomic E-state index is 12.9. The zero-order valence-corrected chi connectivity index (χ0v) is 13.6. The van der Waals surface area contributed by atoms with Crippen LogP contribution in [-0.2, 0) is 6.54 Å². The van der Waals surface area contributed by atoms with Crippen molar-refractivity contribution in [3.63, 3.8) is 0 Å². The van der Waals surface area contributed by atoms with Crippen molar-refractivity contribution in [2.45, 2.75) is 26.5 Å². The van der Waals surface area contributed by atoms with Crippen LogP contribution in [-0.4, -0.2) is 13.2 Å². The molecule has 0 aliphatic rings. The number of halogens is 2. The van der Waals surface area contributed by atoms with Crippen LogP contribution in [0.3, 0.4) is 0 Å². The molecule has 2 aromatic rings. The fourth-order valence-electron chi connectivity index (χ4n) is 1.98. The van der Waals surface area contributed by atoms with Crippen LogP contribution >= 0.6 is 11.6 Å². The highest BCUT2D eigenvalue weighted by atomic mass is 35.5. The summed E-state index contributed by atoms with van der Waals surface area (Å²) in [5, 5.41) is 3.78. The lowest BCUT2D eigenvalue weighted by Crippen LogP contribution is -2.08. The van der Waals surface area contributed by atoms with Crippen molar-refractivity contribution < 1.29 is 13.9 Å². The van der Waals surface area contributed by atoms with Crippen molar-refractivity contribution in [3.8, 4) is 11.5 Å². The molecule has 0 radical (unpaired) electrons. The monoisotopic (exact) mass is 323 g/mol. The van der Waals surface area contributed by atoms with E-state index in [1.807, 2.05) is 19.9 Å². The molecule has 0 fully saturated rings. The van der Waals surface area contributed by atoms with E-state index in [-0.39, 0.29) is 11.9 Å². The first kappa shape index (κ1) is 16.4. The Bertz CT molecular complexity index is 629. The van der Waals surface area contributed by atoms with Crippen molar-refractivity contribution in [1.29, 1.82) is 0 Å². The van der Waals surface area contributed by atoms with E-state index < -0.39 is 0 Å². The molecule has 1 N–H and O–H groups in total. The van der Waals surface area contributed by atoms with Gasteiger partial charge in [0.15, 0.2) is 11.5 Å². The van der Waals surface area contributed by atoms with Crippen molar-refractivity contribution in [1.82, 2.24) is 0 Å². The molecule has 0 saturated heterocycles. The minimum absolute atomic E-state index is 0.0353. The summed E-state index contributed by atoms with van der Waals surface area (Å²) in [7, 11) is 1.59. The van der Waals surface area contributed by atoms with E-state index in [0.29, 0.717) is 23.1 Å². The normalized spacial score (nSPS) is 10.6. The van der Waals surface area contributed by atoms with Crippen molar-refractivity contribution in [2.24, 2.45) is 0 Å². The zero-order chi connectivity index (χ0) is 16.1. The molecule has 0 atom stereocenters. The van der Waals surface area contributed by atoms with Gasteiger partial charge in [0.1, 0.15) is 5.82 Å². The molecular formula is C17H19ClFNO2. The fraction of sp³-hybridized carbons (Fsp3) is 0.294. The second-order valence-electron chi connectivity index (χ2n) is 5.12. The number of hydrogen-bond donors (Lipinski definition) is 1. The van der Waals surface area contributed by atoms with Gasteiger partial charge >= 0.3 is 0 Å². The standard InChI is InChI=1S/C17H19ClFNO2/c1-11(2)22-17-9-15(18)12(8-16(17)21-3)10-20-14-6-4-13(19)5-7-14/h4-9,11,20H,10H2,1-3H3. The quantitative estimate of drug-likeness (QED) is 0.821. The Balaban J connectivity index is 2.15. The lowest BCUT2D eigenvalue weighted by molar-refractivity contribution is 0.230. The molecule has 0 amide bonds. The molecule has 0 spiro atoms. The predicted molar refractivity (Wildman–Crippen MR) is 87.5 cm³/mol. The minimum atomic E-state index is -0.263. The van der Waals surface area contributed by atoms with Crippen LogP contribution in [0.2, 0.25) is 5.02 Å². The molecule has 0 saturated carbocycles. The third-order valence-electron chi connectivity index (χ3n) is 3.02. The van der Waals surface area contributed by atoms with E-state index in [2.05, 4.69) is 5.32 Å². The molecule has 5 heteroatoms. The topological polar surface area (TPSA) is 30.5 Å². The van der Waals surface area contributed by atoms with Crippen molar-refractivity contribution >= 4 is 17.3 Å². The first-order valence-electron chi connectivity index (χ1n) is 7.02. The van der Waals surface area contributed by atoms with Crippen LogP contribution in [0.4, 0.5) is 10.1 Å². The molecule has 22 heavy (non-hydrogen) atoms. The molecular weight excluding hydrogens is 305 g/mol. The molecule has 0 aliphatic heterocycles. The Morgan fingerprint density at radius 1 is 1.14 bits per heavy atom. The van der Waals surface area contributed by atoms with Crippen LogP contribution in [0.25, 0.3) is 0 Å². The first-order valence-corrected chi connectivity index (χ1v) is 7.40. The van der Waals surface area contributed by atoms with Gasteiger partial charge in [-0.3, -0.25) is 0 Å². The Hall–Kier alpha value is -1.94. The number of anilines is 1. The summed E-state index contributed by atoms with van der Waals surface area (Å²) in [6.45, 7) is 4.39. The van der Waals surface area contributed by atoms with Gasteiger partial charge in [-0.15, -0.1) is 0 Å². The van der Waals surface area contributed by atoms with Gasteiger partial charge < -0.3 is 14.8 Å². The lowest BCUT2D eigenvalue weighted by Gasteiger charge is -2.16. The van der Waals surface area contributed by atoms with Gasteiger partial charge in [0.05, 0.1) is 13.2 Å². The fourth-order valence-corrected chi connectivity index (χ4v) is 2.20. The van der Waals surface area contributed by atoms with Crippen LogP contribution in [0, 0.1) is 5.82 Å². The maximum Gasteiger partial charge on any atom is 0.163 e. The predicted octanol–water partition coefficient (Wildman–Crippen LogP) is 4.89. The number of hydrogen-bond acceptors (Lipinski definition) is 3. The summed E-state index contributed by atoms with van der Waals surface area (Å²) in [4.78, 5) is 0. The van der Waals surface area contributed by atoms with Gasteiger partial charge in [0.2, 0.25) is 0 Å². The maximum absolute atomic E-state index is 12.9. The third-order valence-corrected chi connectivity index (χ3v) is 3.37. The van der Waals surface area contributed by atoms with E-state index in [1.165, 1.54) is 12.1 Å². The van der Waals surface area contributed by atoms with Crippen LogP contribution in [0.15, 0.2) is 36.4 Å². The summed E-state index contributed by atoms with van der Waals surface area (Å²) >= 11 is 6.30.